The first-order chi connectivity index (χ1) is 14.8. The van der Waals surface area contributed by atoms with Crippen LogP contribution in [-0.4, -0.2) is 67.9 Å². The summed E-state index contributed by atoms with van der Waals surface area (Å²) in [4.78, 5) is 29.8. The van der Waals surface area contributed by atoms with E-state index in [9.17, 15) is 18.0 Å². The normalized spacial score (nSPS) is 23.3. The van der Waals surface area contributed by atoms with Crippen LogP contribution in [-0.2, 0) is 19.6 Å². The lowest BCUT2D eigenvalue weighted by Gasteiger charge is -2.27. The van der Waals surface area contributed by atoms with E-state index in [4.69, 9.17) is 0 Å². The number of fused-ring (bicyclic) bond motifs is 1. The van der Waals surface area contributed by atoms with E-state index in [2.05, 4.69) is 24.1 Å². The lowest BCUT2D eigenvalue weighted by atomic mass is 9.94. The number of carbonyl (C=O) groups excluding carboxylic acids is 2. The Morgan fingerprint density at radius 3 is 2.52 bits per heavy atom. The zero-order valence-electron chi connectivity index (χ0n) is 18.9. The minimum atomic E-state index is -3.62. The molecule has 2 saturated heterocycles. The molecule has 2 amide bonds. The fourth-order valence-corrected chi connectivity index (χ4v) is 6.26. The maximum atomic E-state index is 13.0. The Kier molecular flexibility index (Phi) is 7.62. The number of nitrogens with zero attached hydrogens (tertiary/aromatic N) is 3. The first-order valence-corrected chi connectivity index (χ1v) is 13.2. The van der Waals surface area contributed by atoms with E-state index < -0.39 is 22.0 Å². The number of anilines is 1. The second-order valence-electron chi connectivity index (χ2n) is 8.79. The van der Waals surface area contributed by atoms with Crippen LogP contribution in [0, 0.1) is 5.92 Å². The average molecular weight is 450 g/mol. The molecule has 2 aliphatic rings. The van der Waals surface area contributed by atoms with Gasteiger partial charge in [0.25, 0.3) is 0 Å². The Balaban J connectivity index is 1.52. The summed E-state index contributed by atoms with van der Waals surface area (Å²) in [6.07, 6.45) is 6.24. The van der Waals surface area contributed by atoms with Gasteiger partial charge in [0, 0.05) is 32.2 Å². The van der Waals surface area contributed by atoms with Crippen LogP contribution in [0.3, 0.4) is 0 Å². The van der Waals surface area contributed by atoms with Crippen LogP contribution in [0.2, 0.25) is 0 Å². The Morgan fingerprint density at radius 1 is 1.16 bits per heavy atom. The zero-order chi connectivity index (χ0) is 22.6. The van der Waals surface area contributed by atoms with Gasteiger partial charge in [-0.15, -0.1) is 0 Å². The second-order valence-corrected chi connectivity index (χ2v) is 10.7. The summed E-state index contributed by atoms with van der Waals surface area (Å²) in [5.74, 6) is -0.690. The standard InChI is InChI=1S/C23H35N3O4S/c1-4-11-19-22-20(26(23(19)28)31(3,29)30)15-17-25(22)21(27)14-9-6-10-16-24(2)18-12-7-5-8-13-18/h5,7-8,12-13,19-20,22H,4,6,9-11,14-17H2,1-3H3/t19-,20+,22-/m1/s1. The summed E-state index contributed by atoms with van der Waals surface area (Å²) in [5, 5.41) is 0. The van der Waals surface area contributed by atoms with Crippen molar-refractivity contribution in [3.05, 3.63) is 30.3 Å². The minimum Gasteiger partial charge on any atom is -0.375 e. The molecule has 8 heteroatoms. The van der Waals surface area contributed by atoms with Gasteiger partial charge in [-0.05, 0) is 37.8 Å². The molecular weight excluding hydrogens is 414 g/mol. The fraction of sp³-hybridized carbons (Fsp3) is 0.652. The third-order valence-electron chi connectivity index (χ3n) is 6.53. The molecule has 2 heterocycles. The van der Waals surface area contributed by atoms with Crippen molar-refractivity contribution in [3.63, 3.8) is 0 Å². The Bertz CT molecular complexity index is 874. The molecule has 2 aliphatic heterocycles. The van der Waals surface area contributed by atoms with Crippen LogP contribution >= 0.6 is 0 Å². The average Bonchev–Trinajstić information content (AvgIpc) is 3.26. The third-order valence-corrected chi connectivity index (χ3v) is 7.69. The van der Waals surface area contributed by atoms with E-state index in [1.54, 1.807) is 4.90 Å². The molecule has 31 heavy (non-hydrogen) atoms. The molecule has 1 aromatic rings. The first kappa shape index (κ1) is 23.6. The van der Waals surface area contributed by atoms with Gasteiger partial charge in [0.2, 0.25) is 21.8 Å². The molecule has 0 radical (unpaired) electrons. The van der Waals surface area contributed by atoms with Gasteiger partial charge in [0.05, 0.1) is 24.3 Å². The summed E-state index contributed by atoms with van der Waals surface area (Å²) in [5.41, 5.74) is 1.19. The highest BCUT2D eigenvalue weighted by molar-refractivity contribution is 7.88. The smallest absolute Gasteiger partial charge is 0.241 e. The zero-order valence-corrected chi connectivity index (χ0v) is 19.7. The predicted octanol–water partition coefficient (Wildman–Crippen LogP) is 2.87. The van der Waals surface area contributed by atoms with E-state index in [0.29, 0.717) is 25.8 Å². The lowest BCUT2D eigenvalue weighted by molar-refractivity contribution is -0.134. The van der Waals surface area contributed by atoms with Crippen molar-refractivity contribution in [3.8, 4) is 0 Å². The molecule has 0 unspecified atom stereocenters. The number of carbonyl (C=O) groups is 2. The molecular formula is C23H35N3O4S. The molecule has 0 N–H and O–H groups in total. The van der Waals surface area contributed by atoms with Gasteiger partial charge in [0.1, 0.15) is 0 Å². The number of likely N-dealkylation sites (tertiary alicyclic amines) is 1. The molecule has 0 aromatic heterocycles. The molecule has 0 saturated carbocycles. The number of rotatable bonds is 10. The van der Waals surface area contributed by atoms with Crippen LogP contribution in [0.1, 0.15) is 51.9 Å². The van der Waals surface area contributed by atoms with Gasteiger partial charge in [-0.3, -0.25) is 9.59 Å². The predicted molar refractivity (Wildman–Crippen MR) is 122 cm³/mol. The molecule has 0 aliphatic carbocycles. The van der Waals surface area contributed by atoms with Gasteiger partial charge in [-0.25, -0.2) is 12.7 Å². The highest BCUT2D eigenvalue weighted by Gasteiger charge is 2.56. The first-order valence-electron chi connectivity index (χ1n) is 11.3. The SMILES string of the molecule is CCC[C@H]1C(=O)N(S(C)(=O)=O)[C@H]2CCN(C(=O)CCCCCN(C)c3ccccc3)[C@H]12. The summed E-state index contributed by atoms with van der Waals surface area (Å²) in [7, 11) is -1.55. The highest BCUT2D eigenvalue weighted by Crippen LogP contribution is 2.40. The summed E-state index contributed by atoms with van der Waals surface area (Å²) in [6.45, 7) is 3.45. The number of hydrogen-bond donors (Lipinski definition) is 0. The molecule has 1 aromatic carbocycles. The van der Waals surface area contributed by atoms with Crippen LogP contribution in [0.15, 0.2) is 30.3 Å². The topological polar surface area (TPSA) is 78.0 Å². The van der Waals surface area contributed by atoms with Crippen LogP contribution in [0.4, 0.5) is 5.69 Å². The van der Waals surface area contributed by atoms with E-state index in [1.165, 1.54) is 5.69 Å². The van der Waals surface area contributed by atoms with Crippen molar-refractivity contribution in [1.29, 1.82) is 0 Å². The molecule has 3 atom stereocenters. The van der Waals surface area contributed by atoms with E-state index >= 15 is 0 Å². The van der Waals surface area contributed by atoms with Crippen LogP contribution in [0.25, 0.3) is 0 Å². The summed E-state index contributed by atoms with van der Waals surface area (Å²) in [6, 6.07) is 9.52. The Hall–Kier alpha value is -2.09. The second kappa shape index (κ2) is 10.0. The van der Waals surface area contributed by atoms with Crippen LogP contribution in [0.5, 0.6) is 0 Å². The molecule has 7 nitrogen and oxygen atoms in total. The molecule has 2 fully saturated rings. The monoisotopic (exact) mass is 449 g/mol. The quantitative estimate of drug-likeness (QED) is 0.513. The van der Waals surface area contributed by atoms with E-state index in [1.807, 2.05) is 25.1 Å². The van der Waals surface area contributed by atoms with Crippen LogP contribution < -0.4 is 4.90 Å². The Labute approximate surface area is 186 Å². The van der Waals surface area contributed by atoms with Crippen molar-refractivity contribution in [2.24, 2.45) is 5.92 Å². The van der Waals surface area contributed by atoms with Crippen molar-refractivity contribution in [2.75, 3.05) is 31.3 Å². The van der Waals surface area contributed by atoms with Gasteiger partial charge in [0.15, 0.2) is 0 Å². The summed E-state index contributed by atoms with van der Waals surface area (Å²) < 4.78 is 25.5. The fourth-order valence-electron chi connectivity index (χ4n) is 5.08. The van der Waals surface area contributed by atoms with Gasteiger partial charge in [-0.2, -0.15) is 0 Å². The van der Waals surface area contributed by atoms with E-state index in [0.717, 1.165) is 42.8 Å². The highest BCUT2D eigenvalue weighted by atomic mass is 32.2. The number of hydrogen-bond acceptors (Lipinski definition) is 5. The minimum absolute atomic E-state index is 0.0492. The molecule has 3 rings (SSSR count). The number of para-hydroxylation sites is 1. The van der Waals surface area contributed by atoms with Crippen molar-refractivity contribution >= 4 is 27.5 Å². The number of unbranched alkanes of at least 4 members (excludes halogenated alkanes) is 2. The largest absolute Gasteiger partial charge is 0.375 e. The van der Waals surface area contributed by atoms with Gasteiger partial charge in [-0.1, -0.05) is 38.0 Å². The maximum Gasteiger partial charge on any atom is 0.241 e. The van der Waals surface area contributed by atoms with Gasteiger partial charge < -0.3 is 9.80 Å². The van der Waals surface area contributed by atoms with E-state index in [-0.39, 0.29) is 17.9 Å². The maximum absolute atomic E-state index is 13.0. The number of amides is 2. The molecule has 0 bridgehead atoms. The van der Waals surface area contributed by atoms with Crippen molar-refractivity contribution in [2.45, 2.75) is 64.0 Å². The third kappa shape index (κ3) is 5.22. The van der Waals surface area contributed by atoms with Gasteiger partial charge >= 0.3 is 0 Å². The molecule has 0 spiro atoms. The van der Waals surface area contributed by atoms with Crippen molar-refractivity contribution in [1.82, 2.24) is 9.21 Å². The lowest BCUT2D eigenvalue weighted by Crippen LogP contribution is -2.43. The van der Waals surface area contributed by atoms with Crippen molar-refractivity contribution < 1.29 is 18.0 Å². The summed E-state index contributed by atoms with van der Waals surface area (Å²) >= 11 is 0. The number of sulfonamides is 1. The number of benzene rings is 1. The Morgan fingerprint density at radius 2 is 1.87 bits per heavy atom. The molecule has 172 valence electrons.